The number of hydrogen-bond donors (Lipinski definition) is 1. The molecule has 1 aliphatic carbocycles. The number of allylic oxidation sites excluding steroid dienone is 1. The van der Waals surface area contributed by atoms with Gasteiger partial charge in [-0.15, -0.1) is 0 Å². The fraction of sp³-hybridized carbons (Fsp3) is 0.429. The minimum Gasteiger partial charge on any atom is -0.378 e. The molecular weight excluding hydrogens is 397 g/mol. The van der Waals surface area contributed by atoms with Crippen LogP contribution in [0.5, 0.6) is 0 Å². The maximum Gasteiger partial charge on any atom is 0.250 e. The molecule has 1 aromatic heterocycles. The van der Waals surface area contributed by atoms with Gasteiger partial charge >= 0.3 is 0 Å². The molecule has 156 valence electrons. The van der Waals surface area contributed by atoms with Gasteiger partial charge in [-0.2, -0.15) is 0 Å². The first kappa shape index (κ1) is 21.5. The van der Waals surface area contributed by atoms with Crippen LogP contribution >= 0.6 is 11.6 Å². The summed E-state index contributed by atoms with van der Waals surface area (Å²) in [5, 5.41) is 2.83. The number of rotatable bonds is 10. The highest BCUT2D eigenvalue weighted by atomic mass is 35.5. The highest BCUT2D eigenvalue weighted by Crippen LogP contribution is 2.26. The van der Waals surface area contributed by atoms with Crippen molar-refractivity contribution in [1.29, 1.82) is 0 Å². The van der Waals surface area contributed by atoms with Gasteiger partial charge in [-0.3, -0.25) is 4.79 Å². The number of amides is 1. The lowest BCUT2D eigenvalue weighted by molar-refractivity contribution is -0.136. The van der Waals surface area contributed by atoms with E-state index in [0.29, 0.717) is 36.5 Å². The Bertz CT molecular complexity index is 865. The van der Waals surface area contributed by atoms with Gasteiger partial charge in [-0.05, 0) is 31.9 Å². The number of ether oxygens (including phenoxy) is 2. The Morgan fingerprint density at radius 1 is 1.38 bits per heavy atom. The molecule has 8 heteroatoms. The smallest absolute Gasteiger partial charge is 0.250 e. The zero-order chi connectivity index (χ0) is 20.8. The average Bonchev–Trinajstić information content (AvgIpc) is 3.13. The van der Waals surface area contributed by atoms with Gasteiger partial charge in [0.2, 0.25) is 5.91 Å². The molecule has 0 saturated heterocycles. The summed E-state index contributed by atoms with van der Waals surface area (Å²) in [6, 6.07) is 4.58. The summed E-state index contributed by atoms with van der Waals surface area (Å²) in [6.07, 6.45) is 6.04. The number of nitrogens with one attached hydrogen (secondary N) is 1. The Labute approximate surface area is 174 Å². The Balaban J connectivity index is 1.38. The van der Waals surface area contributed by atoms with Crippen molar-refractivity contribution in [1.82, 2.24) is 14.9 Å². The lowest BCUT2D eigenvalue weighted by Crippen LogP contribution is -2.39. The summed E-state index contributed by atoms with van der Waals surface area (Å²) in [5.41, 5.74) is 1.90. The second-order valence-electron chi connectivity index (χ2n) is 7.01. The lowest BCUT2D eigenvalue weighted by Gasteiger charge is -2.34. The SMILES string of the molecule is C=C(CCn1cnc(-c2ccc(Cl)c(F)c2)c1)NC(=O)CO[C@H]1C[C@@H](OCC)C1. The molecule has 1 aromatic carbocycles. The molecule has 1 saturated carbocycles. The Morgan fingerprint density at radius 3 is 2.86 bits per heavy atom. The van der Waals surface area contributed by atoms with Gasteiger partial charge in [0.05, 0.1) is 29.3 Å². The molecule has 1 heterocycles. The van der Waals surface area contributed by atoms with Crippen LogP contribution in [0.1, 0.15) is 26.2 Å². The van der Waals surface area contributed by atoms with E-state index in [0.717, 1.165) is 12.8 Å². The average molecular weight is 422 g/mol. The maximum atomic E-state index is 13.6. The van der Waals surface area contributed by atoms with Crippen LogP contribution in [0.25, 0.3) is 11.3 Å². The van der Waals surface area contributed by atoms with Crippen molar-refractivity contribution in [2.75, 3.05) is 13.2 Å². The summed E-state index contributed by atoms with van der Waals surface area (Å²) in [6.45, 7) is 7.16. The summed E-state index contributed by atoms with van der Waals surface area (Å²) >= 11 is 5.71. The number of benzene rings is 1. The number of imidazole rings is 1. The Kier molecular flexibility index (Phi) is 7.41. The molecule has 29 heavy (non-hydrogen) atoms. The molecule has 3 rings (SSSR count). The Hall–Kier alpha value is -2.22. The molecule has 0 unspecified atom stereocenters. The van der Waals surface area contributed by atoms with Crippen molar-refractivity contribution >= 4 is 17.5 Å². The molecule has 1 amide bonds. The molecule has 0 spiro atoms. The third-order valence-electron chi connectivity index (χ3n) is 4.74. The molecule has 0 bridgehead atoms. The van der Waals surface area contributed by atoms with E-state index < -0.39 is 5.82 Å². The van der Waals surface area contributed by atoms with E-state index in [2.05, 4.69) is 16.9 Å². The predicted molar refractivity (Wildman–Crippen MR) is 109 cm³/mol. The number of nitrogens with zero attached hydrogens (tertiary/aromatic N) is 2. The lowest BCUT2D eigenvalue weighted by atomic mass is 9.92. The molecular formula is C21H25ClFN3O3. The number of carbonyl (C=O) groups excluding carboxylic acids is 1. The van der Waals surface area contributed by atoms with E-state index in [1.165, 1.54) is 12.1 Å². The molecule has 6 nitrogen and oxygen atoms in total. The second-order valence-corrected chi connectivity index (χ2v) is 7.42. The molecule has 1 aliphatic rings. The highest BCUT2D eigenvalue weighted by molar-refractivity contribution is 6.30. The van der Waals surface area contributed by atoms with Crippen LogP contribution in [0.2, 0.25) is 5.02 Å². The second kappa shape index (κ2) is 10.0. The van der Waals surface area contributed by atoms with Crippen LogP contribution in [0.15, 0.2) is 43.0 Å². The number of carbonyl (C=O) groups is 1. The zero-order valence-electron chi connectivity index (χ0n) is 16.4. The van der Waals surface area contributed by atoms with Gasteiger partial charge in [0.15, 0.2) is 0 Å². The van der Waals surface area contributed by atoms with Gasteiger partial charge in [-0.1, -0.05) is 24.2 Å². The topological polar surface area (TPSA) is 65.4 Å². The highest BCUT2D eigenvalue weighted by Gasteiger charge is 2.30. The van der Waals surface area contributed by atoms with E-state index in [-0.39, 0.29) is 29.7 Å². The molecule has 0 aliphatic heterocycles. The van der Waals surface area contributed by atoms with Crippen LogP contribution in [0.3, 0.4) is 0 Å². The monoisotopic (exact) mass is 421 g/mol. The summed E-state index contributed by atoms with van der Waals surface area (Å²) < 4.78 is 26.5. The van der Waals surface area contributed by atoms with Crippen LogP contribution in [0, 0.1) is 5.82 Å². The van der Waals surface area contributed by atoms with Crippen molar-refractivity contribution in [3.05, 3.63) is 53.8 Å². The fourth-order valence-corrected chi connectivity index (χ4v) is 3.18. The number of aromatic nitrogens is 2. The molecule has 2 aromatic rings. The van der Waals surface area contributed by atoms with Crippen molar-refractivity contribution in [3.63, 3.8) is 0 Å². The zero-order valence-corrected chi connectivity index (χ0v) is 17.1. The quantitative estimate of drug-likeness (QED) is 0.631. The van der Waals surface area contributed by atoms with Gasteiger partial charge in [0.25, 0.3) is 0 Å². The molecule has 1 N–H and O–H groups in total. The number of hydrogen-bond acceptors (Lipinski definition) is 4. The van der Waals surface area contributed by atoms with Crippen molar-refractivity contribution in [2.45, 2.75) is 44.9 Å². The third kappa shape index (κ3) is 6.13. The number of aryl methyl sites for hydroxylation is 1. The first-order valence-corrected chi connectivity index (χ1v) is 10.0. The Morgan fingerprint density at radius 2 is 2.14 bits per heavy atom. The molecule has 1 fully saturated rings. The largest absolute Gasteiger partial charge is 0.378 e. The van der Waals surface area contributed by atoms with Gasteiger partial charge in [0, 0.05) is 37.0 Å². The van der Waals surface area contributed by atoms with Gasteiger partial charge in [-0.25, -0.2) is 9.37 Å². The van der Waals surface area contributed by atoms with E-state index >= 15 is 0 Å². The fourth-order valence-electron chi connectivity index (χ4n) is 3.07. The number of halogens is 2. The van der Waals surface area contributed by atoms with E-state index in [1.54, 1.807) is 12.4 Å². The standard InChI is InChI=1S/C21H25ClFN3O3/c1-3-28-16-9-17(10-16)29-12-21(27)25-14(2)6-7-26-11-20(24-13-26)15-4-5-18(22)19(23)8-15/h4-5,8,11,13,16-17H,2-3,6-7,9-10,12H2,1H3,(H,25,27)/t16-,17+. The van der Waals surface area contributed by atoms with Crippen molar-refractivity contribution in [3.8, 4) is 11.3 Å². The van der Waals surface area contributed by atoms with E-state index in [1.807, 2.05) is 17.7 Å². The summed E-state index contributed by atoms with van der Waals surface area (Å²) in [7, 11) is 0. The van der Waals surface area contributed by atoms with Crippen molar-refractivity contribution < 1.29 is 18.7 Å². The molecule has 0 atom stereocenters. The van der Waals surface area contributed by atoms with Crippen molar-refractivity contribution in [2.24, 2.45) is 0 Å². The summed E-state index contributed by atoms with van der Waals surface area (Å²) in [5.74, 6) is -0.690. The molecule has 0 radical (unpaired) electrons. The maximum absolute atomic E-state index is 13.6. The normalized spacial score (nSPS) is 18.3. The third-order valence-corrected chi connectivity index (χ3v) is 5.05. The van der Waals surface area contributed by atoms with E-state index in [4.69, 9.17) is 21.1 Å². The predicted octanol–water partition coefficient (Wildman–Crippen LogP) is 3.95. The van der Waals surface area contributed by atoms with E-state index in [9.17, 15) is 9.18 Å². The van der Waals surface area contributed by atoms with Gasteiger partial charge < -0.3 is 19.4 Å². The first-order valence-electron chi connectivity index (χ1n) is 9.62. The minimum atomic E-state index is -0.479. The minimum absolute atomic E-state index is 0.0138. The summed E-state index contributed by atoms with van der Waals surface area (Å²) in [4.78, 5) is 16.3. The van der Waals surface area contributed by atoms with Crippen LogP contribution in [0.4, 0.5) is 4.39 Å². The van der Waals surface area contributed by atoms with Crippen LogP contribution in [-0.2, 0) is 20.8 Å². The van der Waals surface area contributed by atoms with Crippen LogP contribution < -0.4 is 5.32 Å². The van der Waals surface area contributed by atoms with Crippen LogP contribution in [-0.4, -0.2) is 40.9 Å². The van der Waals surface area contributed by atoms with Gasteiger partial charge in [0.1, 0.15) is 12.4 Å². The first-order chi connectivity index (χ1) is 13.9.